The molecular formula is C15H18N2O2. The highest BCUT2D eigenvalue weighted by atomic mass is 16.4. The highest BCUT2D eigenvalue weighted by molar-refractivity contribution is 5.70. The molecule has 1 atom stereocenters. The molecule has 2 aliphatic heterocycles. The minimum atomic E-state index is -0.863. The van der Waals surface area contributed by atoms with Crippen LogP contribution in [0.25, 0.3) is 0 Å². The third-order valence-electron chi connectivity index (χ3n) is 4.89. The molecule has 4 aliphatic rings. The molecule has 0 bridgehead atoms. The number of hydrogen-bond donors (Lipinski definition) is 1. The van der Waals surface area contributed by atoms with Crippen molar-refractivity contribution < 1.29 is 9.90 Å². The number of carbonyl (C=O) groups is 1. The Morgan fingerprint density at radius 2 is 2.26 bits per heavy atom. The van der Waals surface area contributed by atoms with Gasteiger partial charge in [-0.15, -0.1) is 0 Å². The predicted molar refractivity (Wildman–Crippen MR) is 71.1 cm³/mol. The SMILES string of the molecule is O=C(O)N1C=C2CC3(CC3)CN2CC2CC=CC=C21. The summed E-state index contributed by atoms with van der Waals surface area (Å²) in [5.74, 6) is 0.309. The van der Waals surface area contributed by atoms with E-state index in [1.165, 1.54) is 23.4 Å². The third kappa shape index (κ3) is 1.70. The minimum Gasteiger partial charge on any atom is -0.464 e. The van der Waals surface area contributed by atoms with Crippen LogP contribution in [0.15, 0.2) is 35.8 Å². The van der Waals surface area contributed by atoms with Crippen molar-refractivity contribution in [3.05, 3.63) is 35.8 Å². The molecule has 1 spiro atoms. The number of hydrogen-bond acceptors (Lipinski definition) is 2. The van der Waals surface area contributed by atoms with Gasteiger partial charge in [-0.05, 0) is 37.2 Å². The Morgan fingerprint density at radius 3 is 3.00 bits per heavy atom. The van der Waals surface area contributed by atoms with Crippen LogP contribution in [0.3, 0.4) is 0 Å². The van der Waals surface area contributed by atoms with Gasteiger partial charge >= 0.3 is 6.09 Å². The van der Waals surface area contributed by atoms with Gasteiger partial charge in [-0.2, -0.15) is 0 Å². The second-order valence-electron chi connectivity index (χ2n) is 6.28. The topological polar surface area (TPSA) is 43.8 Å². The fourth-order valence-electron chi connectivity index (χ4n) is 3.65. The number of nitrogens with zero attached hydrogens (tertiary/aromatic N) is 2. The summed E-state index contributed by atoms with van der Waals surface area (Å²) < 4.78 is 0. The number of rotatable bonds is 0. The normalized spacial score (nSPS) is 30.4. The number of fused-ring (bicyclic) bond motifs is 2. The molecule has 4 nitrogen and oxygen atoms in total. The van der Waals surface area contributed by atoms with Gasteiger partial charge in [0.2, 0.25) is 0 Å². The lowest BCUT2D eigenvalue weighted by molar-refractivity contribution is 0.168. The Balaban J connectivity index is 1.74. The molecule has 0 radical (unpaired) electrons. The fraction of sp³-hybridized carbons (Fsp3) is 0.533. The molecule has 1 N–H and O–H groups in total. The average Bonchev–Trinajstić information content (AvgIpc) is 3.07. The molecule has 100 valence electrons. The van der Waals surface area contributed by atoms with Crippen LogP contribution in [0.1, 0.15) is 25.7 Å². The van der Waals surface area contributed by atoms with Crippen molar-refractivity contribution in [2.24, 2.45) is 11.3 Å². The van der Waals surface area contributed by atoms with Crippen LogP contribution < -0.4 is 0 Å². The molecule has 0 aromatic heterocycles. The Labute approximate surface area is 112 Å². The molecule has 1 amide bonds. The van der Waals surface area contributed by atoms with Gasteiger partial charge < -0.3 is 10.0 Å². The van der Waals surface area contributed by atoms with Crippen molar-refractivity contribution in [2.45, 2.75) is 25.7 Å². The fourth-order valence-corrected chi connectivity index (χ4v) is 3.65. The summed E-state index contributed by atoms with van der Waals surface area (Å²) in [5, 5.41) is 9.47. The molecule has 0 aromatic carbocycles. The minimum absolute atomic E-state index is 0.309. The van der Waals surface area contributed by atoms with E-state index in [1.54, 1.807) is 0 Å². The van der Waals surface area contributed by atoms with Crippen LogP contribution >= 0.6 is 0 Å². The molecule has 4 rings (SSSR count). The zero-order valence-electron chi connectivity index (χ0n) is 10.9. The van der Waals surface area contributed by atoms with Crippen molar-refractivity contribution in [2.75, 3.05) is 13.1 Å². The lowest BCUT2D eigenvalue weighted by Crippen LogP contribution is -2.31. The van der Waals surface area contributed by atoms with E-state index in [4.69, 9.17) is 0 Å². The van der Waals surface area contributed by atoms with Gasteiger partial charge in [0.05, 0.1) is 0 Å². The first-order chi connectivity index (χ1) is 9.17. The van der Waals surface area contributed by atoms with Crippen LogP contribution in [0.5, 0.6) is 0 Å². The van der Waals surface area contributed by atoms with Gasteiger partial charge in [0.25, 0.3) is 0 Å². The van der Waals surface area contributed by atoms with E-state index in [0.29, 0.717) is 11.3 Å². The van der Waals surface area contributed by atoms with E-state index in [9.17, 15) is 9.90 Å². The predicted octanol–water partition coefficient (Wildman–Crippen LogP) is 2.77. The lowest BCUT2D eigenvalue weighted by Gasteiger charge is -2.27. The number of allylic oxidation sites excluding steroid dienone is 4. The smallest absolute Gasteiger partial charge is 0.415 e. The van der Waals surface area contributed by atoms with Gasteiger partial charge in [0.1, 0.15) is 0 Å². The Hall–Kier alpha value is -1.71. The van der Waals surface area contributed by atoms with E-state index in [2.05, 4.69) is 11.0 Å². The maximum Gasteiger partial charge on any atom is 0.415 e. The standard InChI is InChI=1S/C15H18N2O2/c18-14(19)17-9-12-7-15(5-6-15)10-16(12)8-11-3-1-2-4-13(11)17/h1-2,4,9,11H,3,5-8,10H2,(H,18,19). The Kier molecular flexibility index (Phi) is 2.14. The summed E-state index contributed by atoms with van der Waals surface area (Å²) in [6.45, 7) is 2.09. The quantitative estimate of drug-likeness (QED) is 0.726. The first-order valence-electron chi connectivity index (χ1n) is 7.01. The first kappa shape index (κ1) is 11.1. The van der Waals surface area contributed by atoms with E-state index >= 15 is 0 Å². The van der Waals surface area contributed by atoms with Gasteiger partial charge in [-0.3, -0.25) is 4.90 Å². The summed E-state index contributed by atoms with van der Waals surface area (Å²) in [4.78, 5) is 15.4. The molecule has 2 heterocycles. The second-order valence-corrected chi connectivity index (χ2v) is 6.28. The zero-order valence-corrected chi connectivity index (χ0v) is 10.9. The van der Waals surface area contributed by atoms with Crippen molar-refractivity contribution in [1.82, 2.24) is 9.80 Å². The van der Waals surface area contributed by atoms with E-state index in [0.717, 1.165) is 31.6 Å². The molecule has 1 saturated carbocycles. The number of amides is 1. The van der Waals surface area contributed by atoms with E-state index in [1.807, 2.05) is 18.4 Å². The molecule has 19 heavy (non-hydrogen) atoms. The molecule has 2 fully saturated rings. The van der Waals surface area contributed by atoms with Crippen LogP contribution in [-0.4, -0.2) is 34.1 Å². The molecule has 0 aromatic rings. The molecule has 1 saturated heterocycles. The Bertz CT molecular complexity index is 528. The van der Waals surface area contributed by atoms with Gasteiger partial charge in [-0.25, -0.2) is 4.79 Å². The maximum atomic E-state index is 11.5. The molecule has 4 heteroatoms. The first-order valence-corrected chi connectivity index (χ1v) is 7.01. The van der Waals surface area contributed by atoms with Crippen molar-refractivity contribution in [3.8, 4) is 0 Å². The largest absolute Gasteiger partial charge is 0.464 e. The van der Waals surface area contributed by atoms with Crippen LogP contribution in [-0.2, 0) is 0 Å². The number of carboxylic acid groups (broad SMARTS) is 1. The van der Waals surface area contributed by atoms with Crippen LogP contribution in [0, 0.1) is 11.3 Å². The summed E-state index contributed by atoms with van der Waals surface area (Å²) in [6, 6.07) is 0. The van der Waals surface area contributed by atoms with Crippen molar-refractivity contribution in [3.63, 3.8) is 0 Å². The second kappa shape index (κ2) is 3.65. The molecule has 2 aliphatic carbocycles. The van der Waals surface area contributed by atoms with Gasteiger partial charge in [0.15, 0.2) is 0 Å². The summed E-state index contributed by atoms with van der Waals surface area (Å²) in [7, 11) is 0. The molecule has 1 unspecified atom stereocenters. The Morgan fingerprint density at radius 1 is 1.42 bits per heavy atom. The maximum absolute atomic E-state index is 11.5. The van der Waals surface area contributed by atoms with E-state index in [-0.39, 0.29) is 0 Å². The lowest BCUT2D eigenvalue weighted by atomic mass is 9.95. The van der Waals surface area contributed by atoms with Crippen molar-refractivity contribution >= 4 is 6.09 Å². The molecular weight excluding hydrogens is 240 g/mol. The summed E-state index contributed by atoms with van der Waals surface area (Å²) >= 11 is 0. The monoisotopic (exact) mass is 258 g/mol. The van der Waals surface area contributed by atoms with E-state index < -0.39 is 6.09 Å². The highest BCUT2D eigenvalue weighted by Gasteiger charge is 2.51. The third-order valence-corrected chi connectivity index (χ3v) is 4.89. The zero-order chi connectivity index (χ0) is 13.0. The van der Waals surface area contributed by atoms with Crippen molar-refractivity contribution in [1.29, 1.82) is 0 Å². The van der Waals surface area contributed by atoms with Crippen LogP contribution in [0.2, 0.25) is 0 Å². The summed E-state index contributed by atoms with van der Waals surface area (Å²) in [6.07, 6.45) is 11.7. The summed E-state index contributed by atoms with van der Waals surface area (Å²) in [5.41, 5.74) is 2.64. The van der Waals surface area contributed by atoms with Gasteiger partial charge in [0, 0.05) is 36.6 Å². The van der Waals surface area contributed by atoms with Crippen LogP contribution in [0.4, 0.5) is 4.79 Å². The van der Waals surface area contributed by atoms with Gasteiger partial charge in [-0.1, -0.05) is 12.2 Å². The average molecular weight is 258 g/mol. The highest BCUT2D eigenvalue weighted by Crippen LogP contribution is 2.56.